The summed E-state index contributed by atoms with van der Waals surface area (Å²) in [5.74, 6) is 0.823. The number of hydrogen-bond donors (Lipinski definition) is 3. The summed E-state index contributed by atoms with van der Waals surface area (Å²) in [6.07, 6.45) is 4.93. The van der Waals surface area contributed by atoms with E-state index >= 15 is 0 Å². The van der Waals surface area contributed by atoms with Gasteiger partial charge in [0.05, 0.1) is 11.5 Å². The standard InChI is InChI=1S/C16H25N5O2.HI/c1-2-17-16(20-13-7-3-4-8-13)19-12-11-18-14-9-5-6-10-15(14)21(22)23;/h5-6,9-10,13,18H,2-4,7-8,11-12H2,1H3,(H2,17,19,20);1H. The Morgan fingerprint density at radius 1 is 1.33 bits per heavy atom. The Bertz CT molecular complexity index is 547. The summed E-state index contributed by atoms with van der Waals surface area (Å²) in [7, 11) is 0. The lowest BCUT2D eigenvalue weighted by molar-refractivity contribution is -0.384. The van der Waals surface area contributed by atoms with Crippen LogP contribution in [0, 0.1) is 10.1 Å². The molecule has 0 saturated heterocycles. The SMILES string of the molecule is CCNC(=NCCNc1ccccc1[N+](=O)[O-])NC1CCCC1.I. The monoisotopic (exact) mass is 447 g/mol. The summed E-state index contributed by atoms with van der Waals surface area (Å²) in [6.45, 7) is 3.95. The quantitative estimate of drug-likeness (QED) is 0.149. The van der Waals surface area contributed by atoms with Crippen molar-refractivity contribution >= 4 is 41.3 Å². The van der Waals surface area contributed by atoms with Crippen molar-refractivity contribution in [3.05, 3.63) is 34.4 Å². The molecule has 0 atom stereocenters. The molecule has 3 N–H and O–H groups in total. The fourth-order valence-electron chi connectivity index (χ4n) is 2.72. The second-order valence-electron chi connectivity index (χ2n) is 5.59. The molecule has 134 valence electrons. The molecular formula is C16H26IN5O2. The summed E-state index contributed by atoms with van der Waals surface area (Å²) < 4.78 is 0. The molecule has 0 unspecified atom stereocenters. The van der Waals surface area contributed by atoms with Gasteiger partial charge < -0.3 is 16.0 Å². The van der Waals surface area contributed by atoms with E-state index in [0.29, 0.717) is 24.8 Å². The van der Waals surface area contributed by atoms with Gasteiger partial charge in [0.2, 0.25) is 0 Å². The van der Waals surface area contributed by atoms with Gasteiger partial charge in [0, 0.05) is 25.2 Å². The van der Waals surface area contributed by atoms with Crippen molar-refractivity contribution < 1.29 is 4.92 Å². The average Bonchev–Trinajstić information content (AvgIpc) is 3.05. The number of halogens is 1. The van der Waals surface area contributed by atoms with Crippen molar-refractivity contribution in [2.45, 2.75) is 38.6 Å². The average molecular weight is 447 g/mol. The molecule has 0 aliphatic heterocycles. The third-order valence-electron chi connectivity index (χ3n) is 3.84. The first kappa shape index (κ1) is 20.5. The van der Waals surface area contributed by atoms with Crippen LogP contribution in [0.4, 0.5) is 11.4 Å². The normalized spacial score (nSPS) is 14.8. The maximum absolute atomic E-state index is 11.0. The van der Waals surface area contributed by atoms with E-state index in [1.54, 1.807) is 18.2 Å². The Labute approximate surface area is 159 Å². The van der Waals surface area contributed by atoms with Gasteiger partial charge >= 0.3 is 0 Å². The molecular weight excluding hydrogens is 421 g/mol. The molecule has 7 nitrogen and oxygen atoms in total. The van der Waals surface area contributed by atoms with E-state index in [2.05, 4.69) is 20.9 Å². The van der Waals surface area contributed by atoms with Crippen LogP contribution in [0.3, 0.4) is 0 Å². The smallest absolute Gasteiger partial charge is 0.292 e. The van der Waals surface area contributed by atoms with E-state index in [-0.39, 0.29) is 34.6 Å². The third kappa shape index (κ3) is 6.50. The number of nitrogens with zero attached hydrogens (tertiary/aromatic N) is 2. The Morgan fingerprint density at radius 2 is 2.04 bits per heavy atom. The van der Waals surface area contributed by atoms with Gasteiger partial charge in [-0.2, -0.15) is 0 Å². The van der Waals surface area contributed by atoms with E-state index in [9.17, 15) is 10.1 Å². The number of hydrogen-bond acceptors (Lipinski definition) is 4. The summed E-state index contributed by atoms with van der Waals surface area (Å²) in [5, 5.41) is 20.7. The van der Waals surface area contributed by atoms with Gasteiger partial charge in [0.25, 0.3) is 5.69 Å². The van der Waals surface area contributed by atoms with E-state index in [1.807, 2.05) is 6.92 Å². The summed E-state index contributed by atoms with van der Waals surface area (Å²) in [6, 6.07) is 7.16. The van der Waals surface area contributed by atoms with Crippen LogP contribution < -0.4 is 16.0 Å². The highest BCUT2D eigenvalue weighted by Gasteiger charge is 2.15. The molecule has 1 aliphatic rings. The number of aliphatic imine (C=N–C) groups is 1. The van der Waals surface area contributed by atoms with Crippen molar-refractivity contribution in [2.75, 3.05) is 25.0 Å². The molecule has 1 fully saturated rings. The molecule has 2 rings (SSSR count). The minimum Gasteiger partial charge on any atom is -0.378 e. The zero-order chi connectivity index (χ0) is 16.5. The predicted octanol–water partition coefficient (Wildman–Crippen LogP) is 3.12. The predicted molar refractivity (Wildman–Crippen MR) is 108 cm³/mol. The number of para-hydroxylation sites is 2. The van der Waals surface area contributed by atoms with Crippen LogP contribution in [0.2, 0.25) is 0 Å². The fraction of sp³-hybridized carbons (Fsp3) is 0.562. The Kier molecular flexibility index (Phi) is 9.43. The Morgan fingerprint density at radius 3 is 2.71 bits per heavy atom. The number of anilines is 1. The molecule has 8 heteroatoms. The number of benzene rings is 1. The molecule has 0 radical (unpaired) electrons. The first-order chi connectivity index (χ1) is 11.2. The minimum atomic E-state index is -0.378. The molecule has 1 aromatic carbocycles. The van der Waals surface area contributed by atoms with Gasteiger partial charge in [0.1, 0.15) is 5.69 Å². The minimum absolute atomic E-state index is 0. The first-order valence-electron chi connectivity index (χ1n) is 8.23. The van der Waals surface area contributed by atoms with Crippen molar-refractivity contribution in [2.24, 2.45) is 4.99 Å². The fourth-order valence-corrected chi connectivity index (χ4v) is 2.72. The number of rotatable bonds is 7. The zero-order valence-electron chi connectivity index (χ0n) is 14.0. The number of guanidine groups is 1. The molecule has 0 aromatic heterocycles. The van der Waals surface area contributed by atoms with E-state index in [0.717, 1.165) is 12.5 Å². The van der Waals surface area contributed by atoms with Crippen molar-refractivity contribution in [1.82, 2.24) is 10.6 Å². The first-order valence-corrected chi connectivity index (χ1v) is 8.23. The van der Waals surface area contributed by atoms with Crippen LogP contribution in [-0.4, -0.2) is 36.6 Å². The molecule has 1 aromatic rings. The van der Waals surface area contributed by atoms with Crippen LogP contribution in [0.15, 0.2) is 29.3 Å². The molecule has 24 heavy (non-hydrogen) atoms. The summed E-state index contributed by atoms with van der Waals surface area (Å²) in [5.41, 5.74) is 0.619. The maximum atomic E-state index is 11.0. The largest absolute Gasteiger partial charge is 0.378 e. The summed E-state index contributed by atoms with van der Waals surface area (Å²) >= 11 is 0. The van der Waals surface area contributed by atoms with Gasteiger partial charge in [-0.25, -0.2) is 0 Å². The maximum Gasteiger partial charge on any atom is 0.292 e. The number of nitro groups is 1. The molecule has 1 saturated carbocycles. The lowest BCUT2D eigenvalue weighted by Crippen LogP contribution is -2.42. The van der Waals surface area contributed by atoms with Gasteiger partial charge in [0.15, 0.2) is 5.96 Å². The lowest BCUT2D eigenvalue weighted by atomic mass is 10.2. The topological polar surface area (TPSA) is 91.6 Å². The molecule has 0 amide bonds. The van der Waals surface area contributed by atoms with E-state index in [1.165, 1.54) is 31.7 Å². The van der Waals surface area contributed by atoms with Crippen LogP contribution in [-0.2, 0) is 0 Å². The Balaban J connectivity index is 0.00000288. The zero-order valence-corrected chi connectivity index (χ0v) is 16.3. The van der Waals surface area contributed by atoms with Gasteiger partial charge in [-0.3, -0.25) is 15.1 Å². The van der Waals surface area contributed by atoms with E-state index < -0.39 is 0 Å². The van der Waals surface area contributed by atoms with Gasteiger partial charge in [-0.1, -0.05) is 25.0 Å². The highest BCUT2D eigenvalue weighted by molar-refractivity contribution is 14.0. The number of nitrogens with one attached hydrogen (secondary N) is 3. The molecule has 0 spiro atoms. The van der Waals surface area contributed by atoms with Crippen molar-refractivity contribution in [1.29, 1.82) is 0 Å². The second kappa shape index (κ2) is 11.1. The second-order valence-corrected chi connectivity index (χ2v) is 5.59. The van der Waals surface area contributed by atoms with Crippen LogP contribution in [0.5, 0.6) is 0 Å². The van der Waals surface area contributed by atoms with Crippen LogP contribution >= 0.6 is 24.0 Å². The van der Waals surface area contributed by atoms with Crippen molar-refractivity contribution in [3.63, 3.8) is 0 Å². The summed E-state index contributed by atoms with van der Waals surface area (Å²) in [4.78, 5) is 15.1. The Hall–Kier alpha value is -1.58. The van der Waals surface area contributed by atoms with Gasteiger partial charge in [-0.05, 0) is 25.8 Å². The van der Waals surface area contributed by atoms with Gasteiger partial charge in [-0.15, -0.1) is 24.0 Å². The lowest BCUT2D eigenvalue weighted by Gasteiger charge is -2.16. The highest BCUT2D eigenvalue weighted by Crippen LogP contribution is 2.22. The van der Waals surface area contributed by atoms with Crippen molar-refractivity contribution in [3.8, 4) is 0 Å². The molecule has 0 heterocycles. The van der Waals surface area contributed by atoms with E-state index in [4.69, 9.17) is 0 Å². The number of nitro benzene ring substituents is 1. The molecule has 0 bridgehead atoms. The highest BCUT2D eigenvalue weighted by atomic mass is 127. The van der Waals surface area contributed by atoms with Crippen LogP contribution in [0.25, 0.3) is 0 Å². The molecule has 1 aliphatic carbocycles. The van der Waals surface area contributed by atoms with Crippen LogP contribution in [0.1, 0.15) is 32.6 Å². The third-order valence-corrected chi connectivity index (χ3v) is 3.84.